The lowest BCUT2D eigenvalue weighted by Gasteiger charge is -2.32. The Morgan fingerprint density at radius 2 is 2.00 bits per heavy atom. The van der Waals surface area contributed by atoms with Gasteiger partial charge >= 0.3 is 6.36 Å². The first-order valence-corrected chi connectivity index (χ1v) is 12.4. The minimum Gasteiger partial charge on any atom is -0.406 e. The number of halogens is 3. The lowest BCUT2D eigenvalue weighted by Crippen LogP contribution is -2.45. The first-order chi connectivity index (χ1) is 17.7. The Balaban J connectivity index is 1.13. The Hall–Kier alpha value is -3.38. The van der Waals surface area contributed by atoms with Gasteiger partial charge in [-0.1, -0.05) is 0 Å². The average molecular weight is 517 g/mol. The molecule has 3 fully saturated rings. The number of benzene rings is 1. The standard InChI is InChI=1S/C25H27F3N6O3/c26-25(27,28)37-15-1-2-17(18(29)11-15)23(35)34-9-4-14(5-10-34)16-3-8-30-22-20(16)32-21(33-22)19-12-31-24(6-7-24)13-36-19/h1-3,8,11,14,19,31H,4-7,9-10,12-13,29H2,(H,30,32,33)/t19-/m0/s1. The number of morpholine rings is 1. The molecule has 9 nitrogen and oxygen atoms in total. The maximum atomic E-state index is 13.0. The van der Waals surface area contributed by atoms with E-state index in [1.165, 1.54) is 6.07 Å². The van der Waals surface area contributed by atoms with E-state index in [2.05, 4.69) is 20.0 Å². The molecule has 196 valence electrons. The molecule has 1 amide bonds. The predicted molar refractivity (Wildman–Crippen MR) is 128 cm³/mol. The Morgan fingerprint density at radius 1 is 1.22 bits per heavy atom. The molecule has 2 saturated heterocycles. The van der Waals surface area contributed by atoms with Gasteiger partial charge in [0.2, 0.25) is 0 Å². The van der Waals surface area contributed by atoms with Gasteiger partial charge in [0.1, 0.15) is 23.2 Å². The molecule has 6 rings (SSSR count). The SMILES string of the molecule is Nc1cc(OC(F)(F)F)ccc1C(=O)N1CCC(c2ccnc3[nH]c([C@@H]4CNC5(CC5)CO4)nc23)CC1. The molecule has 0 bridgehead atoms. The molecule has 4 heterocycles. The van der Waals surface area contributed by atoms with Crippen molar-refractivity contribution >= 4 is 22.8 Å². The molecule has 4 N–H and O–H groups in total. The van der Waals surface area contributed by atoms with Crippen LogP contribution in [0.1, 0.15) is 59.5 Å². The van der Waals surface area contributed by atoms with E-state index in [0.29, 0.717) is 39.1 Å². The van der Waals surface area contributed by atoms with Crippen LogP contribution in [0.4, 0.5) is 18.9 Å². The molecule has 2 aromatic heterocycles. The summed E-state index contributed by atoms with van der Waals surface area (Å²) < 4.78 is 47.4. The number of ether oxygens (including phenoxy) is 2. The van der Waals surface area contributed by atoms with E-state index in [9.17, 15) is 18.0 Å². The monoisotopic (exact) mass is 516 g/mol. The highest BCUT2D eigenvalue weighted by Crippen LogP contribution is 2.40. The van der Waals surface area contributed by atoms with Crippen LogP contribution in [-0.4, -0.2) is 63.9 Å². The molecule has 0 radical (unpaired) electrons. The van der Waals surface area contributed by atoms with Crippen molar-refractivity contribution in [3.8, 4) is 5.75 Å². The van der Waals surface area contributed by atoms with Gasteiger partial charge in [0.05, 0.1) is 12.2 Å². The number of piperidine rings is 1. The Morgan fingerprint density at radius 3 is 2.65 bits per heavy atom. The summed E-state index contributed by atoms with van der Waals surface area (Å²) >= 11 is 0. The van der Waals surface area contributed by atoms with Crippen molar-refractivity contribution in [1.82, 2.24) is 25.2 Å². The number of alkyl halides is 3. The number of nitrogens with two attached hydrogens (primary N) is 1. The van der Waals surface area contributed by atoms with E-state index < -0.39 is 12.1 Å². The average Bonchev–Trinajstić information content (AvgIpc) is 3.47. The van der Waals surface area contributed by atoms with E-state index in [0.717, 1.165) is 47.5 Å². The maximum Gasteiger partial charge on any atom is 0.573 e. The summed E-state index contributed by atoms with van der Waals surface area (Å²) in [5, 5.41) is 3.58. The number of likely N-dealkylation sites (tertiary alicyclic amines) is 1. The van der Waals surface area contributed by atoms with Gasteiger partial charge in [-0.05, 0) is 55.4 Å². The van der Waals surface area contributed by atoms with Gasteiger partial charge in [-0.3, -0.25) is 4.79 Å². The summed E-state index contributed by atoms with van der Waals surface area (Å²) in [6.07, 6.45) is 0.521. The van der Waals surface area contributed by atoms with E-state index in [-0.39, 0.29) is 34.7 Å². The second-order valence-corrected chi connectivity index (χ2v) is 10.0. The van der Waals surface area contributed by atoms with Crippen molar-refractivity contribution in [3.05, 3.63) is 47.4 Å². The number of nitrogen functional groups attached to an aromatic ring is 1. The zero-order valence-corrected chi connectivity index (χ0v) is 20.0. The number of hydrogen-bond acceptors (Lipinski definition) is 7. The number of carbonyl (C=O) groups is 1. The molecule has 3 aromatic rings. The number of anilines is 1. The second-order valence-electron chi connectivity index (χ2n) is 10.0. The van der Waals surface area contributed by atoms with Crippen molar-refractivity contribution in [2.24, 2.45) is 0 Å². The molecule has 1 saturated carbocycles. The highest BCUT2D eigenvalue weighted by atomic mass is 19.4. The summed E-state index contributed by atoms with van der Waals surface area (Å²) in [6, 6.07) is 5.37. The lowest BCUT2D eigenvalue weighted by atomic mass is 9.89. The van der Waals surface area contributed by atoms with Crippen molar-refractivity contribution in [2.75, 3.05) is 32.0 Å². The number of rotatable bonds is 4. The minimum absolute atomic E-state index is 0.0548. The number of amides is 1. The van der Waals surface area contributed by atoms with E-state index in [1.807, 2.05) is 6.07 Å². The fourth-order valence-electron chi connectivity index (χ4n) is 5.25. The molecule has 2 aliphatic heterocycles. The van der Waals surface area contributed by atoms with Gasteiger partial charge in [-0.2, -0.15) is 0 Å². The largest absolute Gasteiger partial charge is 0.573 e. The quantitative estimate of drug-likeness (QED) is 0.453. The normalized spacial score (nSPS) is 21.9. The molecule has 37 heavy (non-hydrogen) atoms. The molecule has 0 unspecified atom stereocenters. The van der Waals surface area contributed by atoms with E-state index in [1.54, 1.807) is 11.1 Å². The molecule has 1 aliphatic carbocycles. The molecule has 1 atom stereocenters. The fraction of sp³-hybridized carbons (Fsp3) is 0.480. The zero-order valence-electron chi connectivity index (χ0n) is 20.0. The molecule has 1 aromatic carbocycles. The summed E-state index contributed by atoms with van der Waals surface area (Å²) in [7, 11) is 0. The first kappa shape index (κ1) is 24.0. The number of aromatic amines is 1. The number of H-pyrrole nitrogens is 1. The number of hydrogen-bond donors (Lipinski definition) is 3. The Bertz CT molecular complexity index is 1320. The molecule has 12 heteroatoms. The third-order valence-electron chi connectivity index (χ3n) is 7.53. The Labute approximate surface area is 210 Å². The fourth-order valence-corrected chi connectivity index (χ4v) is 5.25. The van der Waals surface area contributed by atoms with Crippen LogP contribution in [0.3, 0.4) is 0 Å². The van der Waals surface area contributed by atoms with Gasteiger partial charge < -0.3 is 30.4 Å². The first-order valence-electron chi connectivity index (χ1n) is 12.4. The van der Waals surface area contributed by atoms with Gasteiger partial charge in [-0.15, -0.1) is 13.2 Å². The number of carbonyl (C=O) groups excluding carboxylic acids is 1. The van der Waals surface area contributed by atoms with Crippen LogP contribution in [0.15, 0.2) is 30.5 Å². The summed E-state index contributed by atoms with van der Waals surface area (Å²) in [5.41, 5.74) is 8.77. The van der Waals surface area contributed by atoms with Gasteiger partial charge in [0, 0.05) is 43.1 Å². The minimum atomic E-state index is -4.83. The van der Waals surface area contributed by atoms with Crippen molar-refractivity contribution in [3.63, 3.8) is 0 Å². The van der Waals surface area contributed by atoms with Crippen molar-refractivity contribution in [1.29, 1.82) is 0 Å². The third-order valence-corrected chi connectivity index (χ3v) is 7.53. The third kappa shape index (κ3) is 4.82. The number of nitrogens with one attached hydrogen (secondary N) is 2. The maximum absolute atomic E-state index is 13.0. The molecule has 1 spiro atoms. The number of fused-ring (bicyclic) bond motifs is 1. The predicted octanol–water partition coefficient (Wildman–Crippen LogP) is 3.65. The van der Waals surface area contributed by atoms with Crippen molar-refractivity contribution < 1.29 is 27.4 Å². The number of pyridine rings is 1. The lowest BCUT2D eigenvalue weighted by molar-refractivity contribution is -0.274. The van der Waals surface area contributed by atoms with E-state index in [4.69, 9.17) is 15.5 Å². The van der Waals surface area contributed by atoms with Crippen LogP contribution >= 0.6 is 0 Å². The van der Waals surface area contributed by atoms with Crippen LogP contribution in [0.25, 0.3) is 11.2 Å². The van der Waals surface area contributed by atoms with Crippen molar-refractivity contribution in [2.45, 2.75) is 49.6 Å². The molecular formula is C25H27F3N6O3. The highest BCUT2D eigenvalue weighted by molar-refractivity contribution is 5.99. The second kappa shape index (κ2) is 8.88. The van der Waals surface area contributed by atoms with E-state index >= 15 is 0 Å². The van der Waals surface area contributed by atoms with Crippen LogP contribution in [0, 0.1) is 0 Å². The van der Waals surface area contributed by atoms with Gasteiger partial charge in [-0.25, -0.2) is 9.97 Å². The number of aromatic nitrogens is 3. The summed E-state index contributed by atoms with van der Waals surface area (Å²) in [5.74, 6) is 0.179. The van der Waals surface area contributed by atoms with Gasteiger partial charge in [0.15, 0.2) is 5.65 Å². The summed E-state index contributed by atoms with van der Waals surface area (Å²) in [6.45, 7) is 2.37. The summed E-state index contributed by atoms with van der Waals surface area (Å²) in [4.78, 5) is 27.3. The van der Waals surface area contributed by atoms with Gasteiger partial charge in [0.25, 0.3) is 5.91 Å². The number of imidazole rings is 1. The van der Waals surface area contributed by atoms with Crippen LogP contribution in [-0.2, 0) is 4.74 Å². The van der Waals surface area contributed by atoms with Crippen LogP contribution < -0.4 is 15.8 Å². The zero-order chi connectivity index (χ0) is 25.8. The van der Waals surface area contributed by atoms with Crippen LogP contribution in [0.2, 0.25) is 0 Å². The smallest absolute Gasteiger partial charge is 0.406 e. The van der Waals surface area contributed by atoms with Crippen LogP contribution in [0.5, 0.6) is 5.75 Å². The highest BCUT2D eigenvalue weighted by Gasteiger charge is 2.46. The molecular weight excluding hydrogens is 489 g/mol. The Kier molecular flexibility index (Phi) is 5.75. The number of nitrogens with zero attached hydrogens (tertiary/aromatic N) is 3. The molecule has 3 aliphatic rings. The topological polar surface area (TPSA) is 118 Å².